The molecule has 196 valence electrons. The Hall–Kier alpha value is -4.18. The lowest BCUT2D eigenvalue weighted by atomic mass is 10.0. The van der Waals surface area contributed by atoms with Crippen LogP contribution in [0, 0.1) is 11.8 Å². The molecule has 13 heteroatoms. The van der Waals surface area contributed by atoms with Crippen LogP contribution in [0.3, 0.4) is 0 Å². The highest BCUT2D eigenvalue weighted by Crippen LogP contribution is 2.34. The van der Waals surface area contributed by atoms with Gasteiger partial charge < -0.3 is 20.9 Å². The molecule has 0 aliphatic rings. The van der Waals surface area contributed by atoms with Crippen LogP contribution >= 0.6 is 0 Å². The summed E-state index contributed by atoms with van der Waals surface area (Å²) in [4.78, 5) is 7.92. The van der Waals surface area contributed by atoms with Gasteiger partial charge in [-0.25, -0.2) is 4.98 Å². The molecule has 2 aromatic carbocycles. The van der Waals surface area contributed by atoms with E-state index in [1.54, 1.807) is 12.1 Å². The molecule has 0 bridgehead atoms. The second kappa shape index (κ2) is 10.8. The molecule has 3 aromatic rings. The van der Waals surface area contributed by atoms with Crippen LogP contribution in [-0.4, -0.2) is 44.7 Å². The molecule has 0 aliphatic carbocycles. The lowest BCUT2D eigenvalue weighted by molar-refractivity contribution is -0.0438. The van der Waals surface area contributed by atoms with Crippen molar-refractivity contribution in [1.29, 1.82) is 0 Å². The fourth-order valence-electron chi connectivity index (χ4n) is 3.47. The second-order valence-corrected chi connectivity index (χ2v) is 9.46. The Bertz CT molecular complexity index is 1450. The zero-order valence-electron chi connectivity index (χ0n) is 20.1. The molecular weight excluding hydrogens is 511 g/mol. The van der Waals surface area contributed by atoms with Crippen molar-refractivity contribution >= 4 is 27.5 Å². The highest BCUT2D eigenvalue weighted by molar-refractivity contribution is 7.93. The Morgan fingerprint density at radius 1 is 1.05 bits per heavy atom. The lowest BCUT2D eigenvalue weighted by Gasteiger charge is -2.23. The van der Waals surface area contributed by atoms with Gasteiger partial charge in [0, 0.05) is 30.3 Å². The fourth-order valence-corrected chi connectivity index (χ4v) is 4.46. The van der Waals surface area contributed by atoms with Gasteiger partial charge in [0.1, 0.15) is 5.82 Å². The number of anilines is 3. The van der Waals surface area contributed by atoms with E-state index in [-0.39, 0.29) is 28.3 Å². The molecule has 37 heavy (non-hydrogen) atoms. The normalized spacial score (nSPS) is 11.4. The van der Waals surface area contributed by atoms with Gasteiger partial charge in [-0.15, -0.1) is 0 Å². The predicted molar refractivity (Wildman–Crippen MR) is 134 cm³/mol. The number of hydrogen-bond acceptors (Lipinski definition) is 8. The summed E-state index contributed by atoms with van der Waals surface area (Å²) in [6.45, 7) is 0.925. The summed E-state index contributed by atoms with van der Waals surface area (Å²) in [5.74, 6) is 6.98. The number of nitrogen functional groups attached to an aromatic ring is 2. The molecule has 0 aliphatic heterocycles. The minimum atomic E-state index is -5.52. The Balaban J connectivity index is 1.96. The SMILES string of the molecule is CCN(c1ccc(C#Cc2cc(Cc3cnc(N)nc3N)cc(OC)c2OC)cc1)S(=O)(=O)C(F)(F)F. The Morgan fingerprint density at radius 3 is 2.27 bits per heavy atom. The van der Waals surface area contributed by atoms with Crippen LogP contribution in [0.1, 0.15) is 29.2 Å². The smallest absolute Gasteiger partial charge is 0.493 e. The zero-order chi connectivity index (χ0) is 27.4. The second-order valence-electron chi connectivity index (χ2n) is 7.61. The molecule has 1 aromatic heterocycles. The summed E-state index contributed by atoms with van der Waals surface area (Å²) in [6, 6.07) is 8.90. The van der Waals surface area contributed by atoms with E-state index in [0.29, 0.717) is 34.6 Å². The average Bonchev–Trinajstić information content (AvgIpc) is 2.84. The van der Waals surface area contributed by atoms with Crippen molar-refractivity contribution in [3.05, 3.63) is 64.8 Å². The van der Waals surface area contributed by atoms with Crippen LogP contribution in [0.15, 0.2) is 42.6 Å². The summed E-state index contributed by atoms with van der Waals surface area (Å²) < 4.78 is 73.8. The minimum Gasteiger partial charge on any atom is -0.493 e. The minimum absolute atomic E-state index is 0.0594. The van der Waals surface area contributed by atoms with Crippen molar-refractivity contribution in [2.24, 2.45) is 0 Å². The van der Waals surface area contributed by atoms with Gasteiger partial charge in [-0.2, -0.15) is 26.6 Å². The van der Waals surface area contributed by atoms with Crippen molar-refractivity contribution in [1.82, 2.24) is 9.97 Å². The largest absolute Gasteiger partial charge is 0.516 e. The standard InChI is InChI=1S/C24H24F3N5O4S/c1-4-32(37(33,34)24(25,26)27)19-9-6-15(7-10-19)5-8-17-11-16(13-20(35-2)21(17)36-3)12-18-14-30-23(29)31-22(18)28/h6-7,9-11,13-14H,4,12H2,1-3H3,(H4,28,29,30,31). The molecule has 0 atom stereocenters. The summed E-state index contributed by atoms with van der Waals surface area (Å²) in [6.07, 6.45) is 1.89. The first-order valence-corrected chi connectivity index (χ1v) is 12.2. The number of nitrogens with zero attached hydrogens (tertiary/aromatic N) is 3. The topological polar surface area (TPSA) is 134 Å². The molecule has 0 saturated heterocycles. The molecular formula is C24H24F3N5O4S. The number of halogens is 3. The van der Waals surface area contributed by atoms with E-state index in [1.165, 1.54) is 51.6 Å². The molecule has 0 saturated carbocycles. The van der Waals surface area contributed by atoms with Gasteiger partial charge in [0.2, 0.25) is 5.95 Å². The van der Waals surface area contributed by atoms with Gasteiger partial charge in [0.05, 0.1) is 25.5 Å². The van der Waals surface area contributed by atoms with Gasteiger partial charge >= 0.3 is 15.5 Å². The predicted octanol–water partition coefficient (Wildman–Crippen LogP) is 3.32. The maximum Gasteiger partial charge on any atom is 0.516 e. The van der Waals surface area contributed by atoms with Crippen LogP contribution in [0.5, 0.6) is 11.5 Å². The molecule has 0 fully saturated rings. The number of nitrogens with two attached hydrogens (primary N) is 2. The van der Waals surface area contributed by atoms with Crippen molar-refractivity contribution < 1.29 is 31.1 Å². The third kappa shape index (κ3) is 5.97. The molecule has 4 N–H and O–H groups in total. The van der Waals surface area contributed by atoms with E-state index in [0.717, 1.165) is 5.56 Å². The third-order valence-electron chi connectivity index (χ3n) is 5.22. The number of sulfonamides is 1. The molecule has 3 rings (SSSR count). The van der Waals surface area contributed by atoms with Crippen LogP contribution < -0.4 is 25.2 Å². The van der Waals surface area contributed by atoms with Crippen molar-refractivity contribution in [3.63, 3.8) is 0 Å². The summed E-state index contributed by atoms with van der Waals surface area (Å²) in [7, 11) is -2.58. The van der Waals surface area contributed by atoms with E-state index < -0.39 is 15.5 Å². The number of rotatable bonds is 7. The van der Waals surface area contributed by atoms with Crippen molar-refractivity contribution in [3.8, 4) is 23.3 Å². The number of benzene rings is 2. The highest BCUT2D eigenvalue weighted by Gasteiger charge is 2.49. The highest BCUT2D eigenvalue weighted by atomic mass is 32.2. The first-order chi connectivity index (χ1) is 17.4. The number of methoxy groups -OCH3 is 2. The van der Waals surface area contributed by atoms with E-state index >= 15 is 0 Å². The Kier molecular flexibility index (Phi) is 8.03. The number of aromatic nitrogens is 2. The van der Waals surface area contributed by atoms with Crippen LogP contribution in [-0.2, 0) is 16.4 Å². The monoisotopic (exact) mass is 535 g/mol. The van der Waals surface area contributed by atoms with Crippen LogP contribution in [0.4, 0.5) is 30.6 Å². The maximum atomic E-state index is 13.0. The molecule has 0 radical (unpaired) electrons. The average molecular weight is 536 g/mol. The zero-order valence-corrected chi connectivity index (χ0v) is 20.9. The van der Waals surface area contributed by atoms with Crippen molar-refractivity contribution in [2.45, 2.75) is 18.9 Å². The Morgan fingerprint density at radius 2 is 1.73 bits per heavy atom. The molecule has 0 unspecified atom stereocenters. The maximum absolute atomic E-state index is 13.0. The number of alkyl halides is 3. The molecule has 0 amide bonds. The molecule has 1 heterocycles. The van der Waals surface area contributed by atoms with E-state index in [4.69, 9.17) is 20.9 Å². The van der Waals surface area contributed by atoms with E-state index in [9.17, 15) is 21.6 Å². The van der Waals surface area contributed by atoms with Crippen LogP contribution in [0.25, 0.3) is 0 Å². The van der Waals surface area contributed by atoms with E-state index in [1.807, 2.05) is 0 Å². The fraction of sp³-hybridized carbons (Fsp3) is 0.250. The quantitative estimate of drug-likeness (QED) is 0.440. The van der Waals surface area contributed by atoms with Gasteiger partial charge in [-0.3, -0.25) is 4.31 Å². The van der Waals surface area contributed by atoms with Gasteiger partial charge in [0.15, 0.2) is 11.5 Å². The molecule has 0 spiro atoms. The summed E-state index contributed by atoms with van der Waals surface area (Å²) >= 11 is 0. The van der Waals surface area contributed by atoms with Crippen molar-refractivity contribution in [2.75, 3.05) is 36.5 Å². The first-order valence-electron chi connectivity index (χ1n) is 10.7. The summed E-state index contributed by atoms with van der Waals surface area (Å²) in [5, 5.41) is 0. The first kappa shape index (κ1) is 27.4. The van der Waals surface area contributed by atoms with E-state index in [2.05, 4.69) is 21.8 Å². The number of hydrogen-bond donors (Lipinski definition) is 2. The summed E-state index contributed by atoms with van der Waals surface area (Å²) in [5.41, 5.74) is 8.29. The Labute approximate surface area is 212 Å². The van der Waals surface area contributed by atoms with Gasteiger partial charge in [-0.1, -0.05) is 11.8 Å². The third-order valence-corrected chi connectivity index (χ3v) is 6.85. The lowest BCUT2D eigenvalue weighted by Crippen LogP contribution is -2.40. The van der Waals surface area contributed by atoms with Gasteiger partial charge in [-0.05, 0) is 48.9 Å². The number of ether oxygens (including phenoxy) is 2. The van der Waals surface area contributed by atoms with Gasteiger partial charge in [0.25, 0.3) is 0 Å². The van der Waals surface area contributed by atoms with Crippen LogP contribution in [0.2, 0.25) is 0 Å². The molecule has 9 nitrogen and oxygen atoms in total.